The first kappa shape index (κ1) is 16.4. The third-order valence-electron chi connectivity index (χ3n) is 3.36. The van der Waals surface area contributed by atoms with E-state index in [1.807, 2.05) is 6.92 Å². The smallest absolute Gasteiger partial charge is 0.241 e. The van der Waals surface area contributed by atoms with Gasteiger partial charge in [0.15, 0.2) is 0 Å². The van der Waals surface area contributed by atoms with Crippen LogP contribution in [0.2, 0.25) is 0 Å². The summed E-state index contributed by atoms with van der Waals surface area (Å²) in [5.74, 6) is 0. The molecule has 0 aromatic heterocycles. The summed E-state index contributed by atoms with van der Waals surface area (Å²) in [7, 11) is -3.55. The lowest BCUT2D eigenvalue weighted by Gasteiger charge is -2.11. The molecule has 0 radical (unpaired) electrons. The fraction of sp³-hybridized carbons (Fsp3) is 0.235. The summed E-state index contributed by atoms with van der Waals surface area (Å²) in [4.78, 5) is 11.0. The molecule has 0 amide bonds. The molecule has 2 rings (SSSR count). The van der Waals surface area contributed by atoms with Gasteiger partial charge in [-0.3, -0.25) is 4.79 Å². The summed E-state index contributed by atoms with van der Waals surface area (Å²) in [5.41, 5.74) is 1.95. The first-order valence-corrected chi connectivity index (χ1v) is 8.71. The molecule has 1 N–H and O–H groups in total. The minimum Gasteiger partial charge on any atom is -0.298 e. The van der Waals surface area contributed by atoms with Gasteiger partial charge in [-0.2, -0.15) is 0 Å². The normalized spacial score (nSPS) is 11.3. The van der Waals surface area contributed by atoms with E-state index in [0.29, 0.717) is 17.7 Å². The van der Waals surface area contributed by atoms with Gasteiger partial charge < -0.3 is 0 Å². The van der Waals surface area contributed by atoms with Crippen molar-refractivity contribution in [1.82, 2.24) is 4.72 Å². The van der Waals surface area contributed by atoms with Gasteiger partial charge >= 0.3 is 0 Å². The lowest BCUT2D eigenvalue weighted by molar-refractivity contribution is 0.112. The summed E-state index contributed by atoms with van der Waals surface area (Å²) >= 11 is 0. The minimum absolute atomic E-state index is 0.255. The van der Waals surface area contributed by atoms with E-state index < -0.39 is 10.0 Å². The van der Waals surface area contributed by atoms with Gasteiger partial charge in [0.2, 0.25) is 10.0 Å². The molecule has 22 heavy (non-hydrogen) atoms. The average molecular weight is 317 g/mol. The van der Waals surface area contributed by atoms with Crippen molar-refractivity contribution in [2.45, 2.75) is 24.7 Å². The Bertz CT molecular complexity index is 737. The second-order valence-electron chi connectivity index (χ2n) is 4.99. The molecular formula is C17H19NO3S. The summed E-state index contributed by atoms with van der Waals surface area (Å²) in [6.45, 7) is 2.44. The van der Waals surface area contributed by atoms with E-state index in [1.54, 1.807) is 48.5 Å². The molecule has 0 aliphatic rings. The van der Waals surface area contributed by atoms with E-state index in [2.05, 4.69) is 4.72 Å². The van der Waals surface area contributed by atoms with Gasteiger partial charge in [0.1, 0.15) is 6.29 Å². The zero-order valence-electron chi connectivity index (χ0n) is 12.5. The van der Waals surface area contributed by atoms with Crippen molar-refractivity contribution >= 4 is 16.3 Å². The van der Waals surface area contributed by atoms with Crippen molar-refractivity contribution in [3.8, 4) is 11.1 Å². The van der Waals surface area contributed by atoms with Crippen molar-refractivity contribution in [2.75, 3.05) is 6.54 Å². The fourth-order valence-electron chi connectivity index (χ4n) is 2.14. The topological polar surface area (TPSA) is 63.2 Å². The molecule has 0 spiro atoms. The maximum Gasteiger partial charge on any atom is 0.241 e. The van der Waals surface area contributed by atoms with Crippen molar-refractivity contribution in [2.24, 2.45) is 0 Å². The van der Waals surface area contributed by atoms with Gasteiger partial charge in [-0.1, -0.05) is 55.8 Å². The number of unbranched alkanes of at least 4 members (excludes halogenated alkanes) is 1. The van der Waals surface area contributed by atoms with Crippen LogP contribution >= 0.6 is 0 Å². The van der Waals surface area contributed by atoms with Gasteiger partial charge in [-0.15, -0.1) is 0 Å². The number of nitrogens with one attached hydrogen (secondary N) is 1. The Kier molecular flexibility index (Phi) is 5.46. The van der Waals surface area contributed by atoms with Crippen molar-refractivity contribution in [3.05, 3.63) is 54.1 Å². The van der Waals surface area contributed by atoms with Gasteiger partial charge in [0.25, 0.3) is 0 Å². The molecule has 0 saturated heterocycles. The predicted octanol–water partition coefficient (Wildman–Crippen LogP) is 3.24. The van der Waals surface area contributed by atoms with Crippen molar-refractivity contribution in [3.63, 3.8) is 0 Å². The Morgan fingerprint density at radius 1 is 1.05 bits per heavy atom. The standard InChI is InChI=1S/C17H19NO3S/c1-2-3-12-18-22(20,21)17-7-5-4-6-16(17)15-10-8-14(13-19)9-11-15/h4-11,13,18H,2-3,12H2,1H3. The Labute approximate surface area is 131 Å². The number of sulfonamides is 1. The molecule has 0 atom stereocenters. The van der Waals surface area contributed by atoms with Crippen LogP contribution in [0.5, 0.6) is 0 Å². The monoisotopic (exact) mass is 317 g/mol. The number of rotatable bonds is 7. The fourth-order valence-corrected chi connectivity index (χ4v) is 3.44. The second kappa shape index (κ2) is 7.33. The lowest BCUT2D eigenvalue weighted by atomic mass is 10.0. The van der Waals surface area contributed by atoms with E-state index in [9.17, 15) is 13.2 Å². The average Bonchev–Trinajstić information content (AvgIpc) is 2.55. The summed E-state index contributed by atoms with van der Waals surface area (Å²) in [6, 6.07) is 13.7. The number of hydrogen-bond acceptors (Lipinski definition) is 3. The molecule has 0 unspecified atom stereocenters. The highest BCUT2D eigenvalue weighted by Gasteiger charge is 2.18. The van der Waals surface area contributed by atoms with Gasteiger partial charge in [0, 0.05) is 17.7 Å². The maximum absolute atomic E-state index is 12.5. The molecule has 4 nitrogen and oxygen atoms in total. The first-order chi connectivity index (χ1) is 10.6. The Morgan fingerprint density at radius 2 is 1.73 bits per heavy atom. The van der Waals surface area contributed by atoms with Crippen molar-refractivity contribution in [1.29, 1.82) is 0 Å². The number of hydrogen-bond donors (Lipinski definition) is 1. The Hall–Kier alpha value is -1.98. The third kappa shape index (κ3) is 3.81. The molecule has 0 heterocycles. The minimum atomic E-state index is -3.55. The number of carbonyl (C=O) groups excluding carboxylic acids is 1. The quantitative estimate of drug-likeness (QED) is 0.630. The molecule has 5 heteroatoms. The van der Waals surface area contributed by atoms with E-state index in [0.717, 1.165) is 24.7 Å². The van der Waals surface area contributed by atoms with Crippen LogP contribution in [-0.4, -0.2) is 21.2 Å². The van der Waals surface area contributed by atoms with Crippen LogP contribution in [0.25, 0.3) is 11.1 Å². The Balaban J connectivity index is 2.39. The third-order valence-corrected chi connectivity index (χ3v) is 4.88. The molecule has 0 aliphatic heterocycles. The molecule has 2 aromatic carbocycles. The second-order valence-corrected chi connectivity index (χ2v) is 6.72. The molecular weight excluding hydrogens is 298 g/mol. The highest BCUT2D eigenvalue weighted by atomic mass is 32.2. The molecule has 2 aromatic rings. The molecule has 0 bridgehead atoms. The highest BCUT2D eigenvalue weighted by Crippen LogP contribution is 2.27. The maximum atomic E-state index is 12.5. The van der Waals surface area contributed by atoms with Crippen LogP contribution in [0.15, 0.2) is 53.4 Å². The molecule has 116 valence electrons. The van der Waals surface area contributed by atoms with Gasteiger partial charge in [-0.05, 0) is 18.1 Å². The largest absolute Gasteiger partial charge is 0.298 e. The zero-order chi connectivity index (χ0) is 16.0. The number of benzene rings is 2. The first-order valence-electron chi connectivity index (χ1n) is 7.23. The molecule has 0 fully saturated rings. The van der Waals surface area contributed by atoms with Crippen LogP contribution < -0.4 is 4.72 Å². The van der Waals surface area contributed by atoms with E-state index >= 15 is 0 Å². The lowest BCUT2D eigenvalue weighted by Crippen LogP contribution is -2.25. The Morgan fingerprint density at radius 3 is 2.36 bits per heavy atom. The number of carbonyl (C=O) groups is 1. The van der Waals surface area contributed by atoms with Crippen LogP contribution in [0.4, 0.5) is 0 Å². The van der Waals surface area contributed by atoms with Crippen molar-refractivity contribution < 1.29 is 13.2 Å². The van der Waals surface area contributed by atoms with Gasteiger partial charge in [-0.25, -0.2) is 13.1 Å². The SMILES string of the molecule is CCCCNS(=O)(=O)c1ccccc1-c1ccc(C=O)cc1. The summed E-state index contributed by atoms with van der Waals surface area (Å²) in [5, 5.41) is 0. The van der Waals surface area contributed by atoms with Crippen LogP contribution in [0.3, 0.4) is 0 Å². The molecule has 0 aliphatic carbocycles. The predicted molar refractivity (Wildman–Crippen MR) is 87.4 cm³/mol. The highest BCUT2D eigenvalue weighted by molar-refractivity contribution is 7.89. The van der Waals surface area contributed by atoms with E-state index in [-0.39, 0.29) is 4.90 Å². The van der Waals surface area contributed by atoms with Gasteiger partial charge in [0.05, 0.1) is 4.90 Å². The van der Waals surface area contributed by atoms with E-state index in [4.69, 9.17) is 0 Å². The van der Waals surface area contributed by atoms with E-state index in [1.165, 1.54) is 0 Å². The molecule has 0 saturated carbocycles. The van der Waals surface area contributed by atoms with Crippen LogP contribution in [-0.2, 0) is 10.0 Å². The summed E-state index contributed by atoms with van der Waals surface area (Å²) < 4.78 is 27.5. The summed E-state index contributed by atoms with van der Waals surface area (Å²) in [6.07, 6.45) is 2.49. The zero-order valence-corrected chi connectivity index (χ0v) is 13.3. The van der Waals surface area contributed by atoms with Crippen LogP contribution in [0, 0.1) is 0 Å². The number of aldehydes is 1. The van der Waals surface area contributed by atoms with Crippen LogP contribution in [0.1, 0.15) is 30.1 Å².